The molecule has 0 aromatic heterocycles. The SMILES string of the molecule is O=C(O)[C@H]1CC(=O)N(CCN2CCC(c3ccccc3)CC2)C1. The van der Waals surface area contributed by atoms with Gasteiger partial charge in [-0.2, -0.15) is 0 Å². The second kappa shape index (κ2) is 7.13. The first-order valence-corrected chi connectivity index (χ1v) is 8.41. The molecule has 0 aliphatic carbocycles. The Hall–Kier alpha value is -1.88. The maximum Gasteiger partial charge on any atom is 0.308 e. The van der Waals surface area contributed by atoms with Crippen molar-refractivity contribution in [3.8, 4) is 0 Å². The number of carboxylic acid groups (broad SMARTS) is 1. The molecule has 0 radical (unpaired) electrons. The highest BCUT2D eigenvalue weighted by atomic mass is 16.4. The minimum absolute atomic E-state index is 0.0171. The molecular formula is C18H24N2O3. The average Bonchev–Trinajstić information content (AvgIpc) is 2.96. The van der Waals surface area contributed by atoms with Crippen LogP contribution in [-0.2, 0) is 9.59 Å². The molecule has 5 nitrogen and oxygen atoms in total. The number of carbonyl (C=O) groups is 2. The van der Waals surface area contributed by atoms with Gasteiger partial charge in [0.2, 0.25) is 5.91 Å². The van der Waals surface area contributed by atoms with Crippen molar-refractivity contribution in [2.75, 3.05) is 32.7 Å². The summed E-state index contributed by atoms with van der Waals surface area (Å²) in [5.41, 5.74) is 1.42. The Balaban J connectivity index is 1.43. The van der Waals surface area contributed by atoms with Gasteiger partial charge in [0.25, 0.3) is 0 Å². The summed E-state index contributed by atoms with van der Waals surface area (Å²) in [5.74, 6) is -0.760. The van der Waals surface area contributed by atoms with Crippen molar-refractivity contribution in [3.05, 3.63) is 35.9 Å². The Bertz CT molecular complexity index is 553. The van der Waals surface area contributed by atoms with Crippen LogP contribution in [0.4, 0.5) is 0 Å². The zero-order valence-electron chi connectivity index (χ0n) is 13.4. The van der Waals surface area contributed by atoms with Gasteiger partial charge >= 0.3 is 5.97 Å². The molecule has 2 saturated heterocycles. The van der Waals surface area contributed by atoms with Crippen molar-refractivity contribution >= 4 is 11.9 Å². The predicted octanol–water partition coefficient (Wildman–Crippen LogP) is 1.80. The molecule has 1 atom stereocenters. The molecule has 1 aromatic carbocycles. The molecule has 2 aliphatic heterocycles. The number of aliphatic carboxylic acids is 1. The highest BCUT2D eigenvalue weighted by Gasteiger charge is 2.34. The number of piperidine rings is 1. The van der Waals surface area contributed by atoms with E-state index in [1.54, 1.807) is 4.90 Å². The topological polar surface area (TPSA) is 60.9 Å². The van der Waals surface area contributed by atoms with Crippen molar-refractivity contribution in [1.29, 1.82) is 0 Å². The normalized spacial score (nSPS) is 23.4. The van der Waals surface area contributed by atoms with Gasteiger partial charge in [0, 0.05) is 26.1 Å². The fourth-order valence-electron chi connectivity index (χ4n) is 3.63. The Kier molecular flexibility index (Phi) is 4.96. The van der Waals surface area contributed by atoms with Gasteiger partial charge in [-0.25, -0.2) is 0 Å². The zero-order chi connectivity index (χ0) is 16.2. The molecule has 5 heteroatoms. The Morgan fingerprint density at radius 2 is 1.83 bits per heavy atom. The summed E-state index contributed by atoms with van der Waals surface area (Å²) in [4.78, 5) is 26.9. The largest absolute Gasteiger partial charge is 0.481 e. The van der Waals surface area contributed by atoms with E-state index in [0.29, 0.717) is 19.0 Å². The van der Waals surface area contributed by atoms with E-state index in [1.165, 1.54) is 5.56 Å². The molecule has 2 fully saturated rings. The molecule has 2 aliphatic rings. The molecule has 0 unspecified atom stereocenters. The lowest BCUT2D eigenvalue weighted by Gasteiger charge is -2.33. The second-order valence-electron chi connectivity index (χ2n) is 6.61. The molecule has 124 valence electrons. The van der Waals surface area contributed by atoms with Crippen LogP contribution < -0.4 is 0 Å². The second-order valence-corrected chi connectivity index (χ2v) is 6.61. The first kappa shape index (κ1) is 16.0. The van der Waals surface area contributed by atoms with Crippen molar-refractivity contribution < 1.29 is 14.7 Å². The number of hydrogen-bond donors (Lipinski definition) is 1. The van der Waals surface area contributed by atoms with Crippen molar-refractivity contribution in [2.45, 2.75) is 25.2 Å². The fourth-order valence-corrected chi connectivity index (χ4v) is 3.63. The third-order valence-corrected chi connectivity index (χ3v) is 5.11. The lowest BCUT2D eigenvalue weighted by atomic mass is 9.89. The van der Waals surface area contributed by atoms with Crippen LogP contribution in [0.25, 0.3) is 0 Å². The number of carboxylic acids is 1. The summed E-state index contributed by atoms with van der Waals surface area (Å²) in [6.07, 6.45) is 2.46. The lowest BCUT2D eigenvalue weighted by Crippen LogP contribution is -2.40. The van der Waals surface area contributed by atoms with Gasteiger partial charge in [-0.15, -0.1) is 0 Å². The van der Waals surface area contributed by atoms with Crippen LogP contribution in [0, 0.1) is 5.92 Å². The van der Waals surface area contributed by atoms with Crippen molar-refractivity contribution in [3.63, 3.8) is 0 Å². The van der Waals surface area contributed by atoms with E-state index in [1.807, 2.05) is 0 Å². The van der Waals surface area contributed by atoms with Gasteiger partial charge in [0.1, 0.15) is 0 Å². The van der Waals surface area contributed by atoms with E-state index < -0.39 is 11.9 Å². The molecule has 0 saturated carbocycles. The minimum Gasteiger partial charge on any atom is -0.481 e. The van der Waals surface area contributed by atoms with E-state index in [9.17, 15) is 9.59 Å². The van der Waals surface area contributed by atoms with Gasteiger partial charge < -0.3 is 14.9 Å². The summed E-state index contributed by atoms with van der Waals surface area (Å²) >= 11 is 0. The average molecular weight is 316 g/mol. The van der Waals surface area contributed by atoms with Crippen molar-refractivity contribution in [1.82, 2.24) is 9.80 Å². The van der Waals surface area contributed by atoms with Crippen LogP contribution in [0.2, 0.25) is 0 Å². The summed E-state index contributed by atoms with van der Waals surface area (Å²) in [6, 6.07) is 10.7. The summed E-state index contributed by atoms with van der Waals surface area (Å²) in [6.45, 7) is 3.96. The summed E-state index contributed by atoms with van der Waals surface area (Å²) in [7, 11) is 0. The lowest BCUT2D eigenvalue weighted by molar-refractivity contribution is -0.141. The van der Waals surface area contributed by atoms with Crippen LogP contribution in [0.3, 0.4) is 0 Å². The van der Waals surface area contributed by atoms with Crippen molar-refractivity contribution in [2.24, 2.45) is 5.92 Å². The molecule has 0 bridgehead atoms. The van der Waals surface area contributed by atoms with Gasteiger partial charge in [0.15, 0.2) is 0 Å². The monoisotopic (exact) mass is 316 g/mol. The molecule has 2 heterocycles. The highest BCUT2D eigenvalue weighted by molar-refractivity contribution is 5.86. The predicted molar refractivity (Wildman–Crippen MR) is 87.2 cm³/mol. The molecule has 3 rings (SSSR count). The number of nitrogens with zero attached hydrogens (tertiary/aromatic N) is 2. The number of hydrogen-bond acceptors (Lipinski definition) is 3. The van der Waals surface area contributed by atoms with Crippen LogP contribution in [-0.4, -0.2) is 59.5 Å². The molecular weight excluding hydrogens is 292 g/mol. The van der Waals surface area contributed by atoms with Gasteiger partial charge in [-0.1, -0.05) is 30.3 Å². The molecule has 1 aromatic rings. The maximum absolute atomic E-state index is 11.8. The third-order valence-electron chi connectivity index (χ3n) is 5.11. The fraction of sp³-hybridized carbons (Fsp3) is 0.556. The van der Waals surface area contributed by atoms with E-state index in [2.05, 4.69) is 35.2 Å². The van der Waals surface area contributed by atoms with E-state index in [-0.39, 0.29) is 12.3 Å². The van der Waals surface area contributed by atoms with Crippen LogP contribution in [0.5, 0.6) is 0 Å². The Morgan fingerprint density at radius 1 is 1.13 bits per heavy atom. The van der Waals surface area contributed by atoms with Gasteiger partial charge in [0.05, 0.1) is 5.92 Å². The zero-order valence-corrected chi connectivity index (χ0v) is 13.4. The van der Waals surface area contributed by atoms with Gasteiger partial charge in [-0.05, 0) is 37.4 Å². The number of amides is 1. The quantitative estimate of drug-likeness (QED) is 0.900. The molecule has 23 heavy (non-hydrogen) atoms. The first-order valence-electron chi connectivity index (χ1n) is 8.41. The number of likely N-dealkylation sites (tertiary alicyclic amines) is 2. The number of rotatable bonds is 5. The molecule has 0 spiro atoms. The standard InChI is InChI=1S/C18H24N2O3/c21-17-12-16(18(22)23)13-20(17)11-10-19-8-6-15(7-9-19)14-4-2-1-3-5-14/h1-5,15-16H,6-13H2,(H,22,23)/t16-/m0/s1. The molecule has 1 N–H and O–H groups in total. The maximum atomic E-state index is 11.8. The summed E-state index contributed by atoms with van der Waals surface area (Å²) < 4.78 is 0. The third kappa shape index (κ3) is 3.91. The number of carbonyl (C=O) groups excluding carboxylic acids is 1. The first-order chi connectivity index (χ1) is 11.1. The number of benzene rings is 1. The van der Waals surface area contributed by atoms with E-state index in [4.69, 9.17) is 5.11 Å². The Labute approximate surface area is 136 Å². The van der Waals surface area contributed by atoms with Crippen LogP contribution in [0.1, 0.15) is 30.7 Å². The Morgan fingerprint density at radius 3 is 2.43 bits per heavy atom. The van der Waals surface area contributed by atoms with E-state index in [0.717, 1.165) is 32.5 Å². The van der Waals surface area contributed by atoms with Crippen LogP contribution in [0.15, 0.2) is 30.3 Å². The minimum atomic E-state index is -0.857. The smallest absolute Gasteiger partial charge is 0.308 e. The van der Waals surface area contributed by atoms with Gasteiger partial charge in [-0.3, -0.25) is 9.59 Å². The summed E-state index contributed by atoms with van der Waals surface area (Å²) in [5, 5.41) is 9.01. The van der Waals surface area contributed by atoms with E-state index >= 15 is 0 Å². The molecule has 1 amide bonds. The van der Waals surface area contributed by atoms with Crippen LogP contribution >= 0.6 is 0 Å². The highest BCUT2D eigenvalue weighted by Crippen LogP contribution is 2.27.